The minimum Gasteiger partial charge on any atom is -0.399 e. The molecule has 0 aliphatic carbocycles. The van der Waals surface area contributed by atoms with Crippen molar-refractivity contribution in [3.05, 3.63) is 24.3 Å². The van der Waals surface area contributed by atoms with Crippen molar-refractivity contribution < 1.29 is 86.5 Å². The molecule has 1 fully saturated rings. The van der Waals surface area contributed by atoms with E-state index in [2.05, 4.69) is 17.9 Å². The molecule has 42 heavy (non-hydrogen) atoms. The molecule has 0 saturated carbocycles. The van der Waals surface area contributed by atoms with Crippen molar-refractivity contribution in [1.29, 1.82) is 0 Å². The Bertz CT molecular complexity index is 1340. The molecule has 0 amide bonds. The third kappa shape index (κ3) is 12.0. The number of aliphatic hydroxyl groups excluding tert-OH is 5. The fraction of sp³-hybridized carbons (Fsp3) is 0.667. The second kappa shape index (κ2) is 14.8. The molecule has 0 unspecified atom stereocenters. The topological polar surface area (TPSA) is 348 Å². The van der Waals surface area contributed by atoms with Crippen molar-refractivity contribution in [3.8, 4) is 0 Å². The lowest BCUT2D eigenvalue weighted by Crippen LogP contribution is -2.62. The van der Waals surface area contributed by atoms with Gasteiger partial charge in [0.25, 0.3) is 0 Å². The molecule has 0 spiro atoms. The Morgan fingerprint density at radius 2 is 1.45 bits per heavy atom. The molecule has 1 aromatic carbocycles. The molecule has 0 radical (unpaired) electrons. The number of ether oxygens (including phenoxy) is 2. The largest absolute Gasteiger partial charge is 0.399 e. The van der Waals surface area contributed by atoms with Crippen LogP contribution < -0.4 is 11.1 Å². The zero-order valence-corrected chi connectivity index (χ0v) is 23.4. The summed E-state index contributed by atoms with van der Waals surface area (Å²) in [7, 11) is -16.2. The Morgan fingerprint density at radius 1 is 0.881 bits per heavy atom. The van der Waals surface area contributed by atoms with Crippen LogP contribution in [0.3, 0.4) is 0 Å². The Morgan fingerprint density at radius 3 is 2.00 bits per heavy atom. The van der Waals surface area contributed by atoms with E-state index in [0.717, 1.165) is 0 Å². The first-order valence-corrected chi connectivity index (χ1v) is 15.5. The van der Waals surface area contributed by atoms with Gasteiger partial charge in [-0.2, -0.15) is 25.3 Å². The number of nitrogens with one attached hydrogen (secondary N) is 1. The third-order valence-corrected chi connectivity index (χ3v) is 6.80. The molecule has 1 aromatic rings. The predicted molar refractivity (Wildman–Crippen MR) is 134 cm³/mol. The zero-order chi connectivity index (χ0) is 32.0. The second-order valence-electron chi connectivity index (χ2n) is 8.68. The second-order valence-corrected chi connectivity index (χ2v) is 11.9. The molecule has 1 aliphatic rings. The summed E-state index contributed by atoms with van der Waals surface area (Å²) in [5.41, 5.74) is 6.46. The SMILES string of the molecule is Nc1cccc(NC[C@H](O)[C@@H](O)[C@H](O)[C@H](O)CO[C@@H]2O[C@@H](COS(=O)(=O)O)[C@@H](OS(=O)(=O)O)[C@H](O)[C@H]2OS(=O)(=O)O)c1. The van der Waals surface area contributed by atoms with Crippen LogP contribution in [0.25, 0.3) is 0 Å². The van der Waals surface area contributed by atoms with Crippen molar-refractivity contribution in [2.24, 2.45) is 0 Å². The van der Waals surface area contributed by atoms with Gasteiger partial charge in [0.2, 0.25) is 0 Å². The lowest BCUT2D eigenvalue weighted by Gasteiger charge is -2.42. The van der Waals surface area contributed by atoms with E-state index in [1.807, 2.05) is 0 Å². The molecule has 0 bridgehead atoms. The number of hydrogen-bond acceptors (Lipinski definition) is 18. The van der Waals surface area contributed by atoms with E-state index in [9.17, 15) is 50.8 Å². The first-order chi connectivity index (χ1) is 19.2. The van der Waals surface area contributed by atoms with Crippen LogP contribution in [0.5, 0.6) is 0 Å². The van der Waals surface area contributed by atoms with Gasteiger partial charge in [-0.05, 0) is 18.2 Å². The van der Waals surface area contributed by atoms with E-state index in [1.54, 1.807) is 18.2 Å². The Balaban J connectivity index is 2.16. The van der Waals surface area contributed by atoms with Crippen LogP contribution in [0.2, 0.25) is 0 Å². The summed E-state index contributed by atoms with van der Waals surface area (Å²) in [4.78, 5) is 0. The number of rotatable bonds is 16. The van der Waals surface area contributed by atoms with Gasteiger partial charge in [-0.3, -0.25) is 13.7 Å². The van der Waals surface area contributed by atoms with Gasteiger partial charge in [-0.15, -0.1) is 0 Å². The van der Waals surface area contributed by atoms with Crippen molar-refractivity contribution in [3.63, 3.8) is 0 Å². The smallest absolute Gasteiger partial charge is 0.397 e. The molecule has 1 heterocycles. The lowest BCUT2D eigenvalue weighted by atomic mass is 9.99. The molecule has 2 rings (SSSR count). The maximum absolute atomic E-state index is 11.3. The number of aliphatic hydroxyl groups is 5. The molecule has 11 N–H and O–H groups in total. The van der Waals surface area contributed by atoms with Gasteiger partial charge in [0.05, 0.1) is 19.3 Å². The maximum atomic E-state index is 11.3. The Labute approximate surface area is 239 Å². The highest BCUT2D eigenvalue weighted by molar-refractivity contribution is 7.81. The standard InChI is InChI=1S/C18H30N2O19S3/c19-8-2-1-3-9(4-8)20-5-10(21)13(23)14(24)11(22)6-35-18-17(39-42(32,33)34)15(25)16(38-41(29,30)31)12(37-18)7-36-40(26,27)28/h1-4,10-18,20-25H,5-7,19H2,(H,26,27,28)(H,29,30,31)(H,32,33,34)/t10-,11+,12-,13+,14+,15-,16+,17+,18+/m0/s1. The van der Waals surface area contributed by atoms with E-state index in [0.29, 0.717) is 11.4 Å². The van der Waals surface area contributed by atoms with Crippen molar-refractivity contribution in [2.75, 3.05) is 30.8 Å². The molecule has 24 heteroatoms. The van der Waals surface area contributed by atoms with Crippen molar-refractivity contribution >= 4 is 42.6 Å². The van der Waals surface area contributed by atoms with Crippen LogP contribution in [0.1, 0.15) is 0 Å². The summed E-state index contributed by atoms with van der Waals surface area (Å²) >= 11 is 0. The fourth-order valence-corrected chi connectivity index (χ4v) is 4.87. The van der Waals surface area contributed by atoms with Gasteiger partial charge >= 0.3 is 31.2 Å². The minimum atomic E-state index is -5.48. The molecule has 244 valence electrons. The van der Waals surface area contributed by atoms with Crippen LogP contribution in [-0.4, -0.2) is 139 Å². The molecule has 0 aromatic heterocycles. The molecule has 1 saturated heterocycles. The van der Waals surface area contributed by atoms with Crippen LogP contribution >= 0.6 is 0 Å². The lowest BCUT2D eigenvalue weighted by molar-refractivity contribution is -0.296. The quantitative estimate of drug-likeness (QED) is 0.0582. The van der Waals surface area contributed by atoms with Crippen LogP contribution in [0, 0.1) is 0 Å². The molecule has 9 atom stereocenters. The monoisotopic (exact) mass is 674 g/mol. The van der Waals surface area contributed by atoms with Gasteiger partial charge in [-0.1, -0.05) is 6.07 Å². The average molecular weight is 675 g/mol. The zero-order valence-electron chi connectivity index (χ0n) is 21.0. The van der Waals surface area contributed by atoms with E-state index in [4.69, 9.17) is 28.9 Å². The van der Waals surface area contributed by atoms with Crippen LogP contribution in [0.15, 0.2) is 24.3 Å². The van der Waals surface area contributed by atoms with E-state index >= 15 is 0 Å². The molecule has 21 nitrogen and oxygen atoms in total. The van der Waals surface area contributed by atoms with Gasteiger partial charge in [0.1, 0.15) is 36.6 Å². The summed E-state index contributed by atoms with van der Waals surface area (Å²) in [6.07, 6.45) is -19.7. The summed E-state index contributed by atoms with van der Waals surface area (Å²) in [6.45, 7) is -2.79. The maximum Gasteiger partial charge on any atom is 0.397 e. The molecular weight excluding hydrogens is 644 g/mol. The fourth-order valence-electron chi connectivity index (χ4n) is 3.56. The van der Waals surface area contributed by atoms with E-state index in [1.165, 1.54) is 6.07 Å². The van der Waals surface area contributed by atoms with Crippen molar-refractivity contribution in [1.82, 2.24) is 0 Å². The number of hydrogen-bond donors (Lipinski definition) is 10. The van der Waals surface area contributed by atoms with Gasteiger partial charge in [-0.25, -0.2) is 12.5 Å². The average Bonchev–Trinajstić information content (AvgIpc) is 2.85. The first kappa shape index (κ1) is 36.3. The first-order valence-electron chi connectivity index (χ1n) is 11.4. The normalized spacial score (nSPS) is 26.7. The van der Waals surface area contributed by atoms with Gasteiger partial charge in [0.15, 0.2) is 12.4 Å². The molecular formula is C18H30N2O19S3. The number of anilines is 2. The van der Waals surface area contributed by atoms with Gasteiger partial charge in [0, 0.05) is 17.9 Å². The predicted octanol–water partition coefficient (Wildman–Crippen LogP) is -4.58. The Kier molecular flexibility index (Phi) is 12.8. The number of nitrogen functional groups attached to an aromatic ring is 1. The summed E-state index contributed by atoms with van der Waals surface area (Å²) < 4.78 is 116. The Hall–Kier alpha value is -1.85. The summed E-state index contributed by atoms with van der Waals surface area (Å²) in [5.74, 6) is 0. The highest BCUT2D eigenvalue weighted by Gasteiger charge is 2.51. The highest BCUT2D eigenvalue weighted by Crippen LogP contribution is 2.29. The minimum absolute atomic E-state index is 0.345. The van der Waals surface area contributed by atoms with Crippen LogP contribution in [0.4, 0.5) is 11.4 Å². The highest BCUT2D eigenvalue weighted by atomic mass is 32.3. The third-order valence-electron chi connectivity index (χ3n) is 5.44. The van der Waals surface area contributed by atoms with E-state index < -0.39 is 99.5 Å². The van der Waals surface area contributed by atoms with Gasteiger partial charge < -0.3 is 46.1 Å². The van der Waals surface area contributed by atoms with Crippen molar-refractivity contribution in [2.45, 2.75) is 55.1 Å². The van der Waals surface area contributed by atoms with Crippen LogP contribution in [-0.2, 0) is 53.2 Å². The summed E-state index contributed by atoms with van der Waals surface area (Å²) in [6, 6.07) is 6.26. The number of nitrogens with two attached hydrogens (primary N) is 1. The number of benzene rings is 1. The summed E-state index contributed by atoms with van der Waals surface area (Å²) in [5, 5.41) is 54.1. The van der Waals surface area contributed by atoms with E-state index in [-0.39, 0.29) is 6.54 Å². The molecule has 1 aliphatic heterocycles.